The molecule has 0 spiro atoms. The zero-order valence-corrected chi connectivity index (χ0v) is 9.87. The maximum absolute atomic E-state index is 5.73. The van der Waals surface area contributed by atoms with E-state index in [0.717, 1.165) is 16.6 Å². The lowest BCUT2D eigenvalue weighted by atomic mass is 10.0. The maximum Gasteiger partial charge on any atom is 0.0316 e. The van der Waals surface area contributed by atoms with Crippen LogP contribution in [0.2, 0.25) is 0 Å². The molecule has 2 N–H and O–H groups in total. The first-order valence-electron chi connectivity index (χ1n) is 4.83. The molecule has 2 rings (SSSR count). The maximum atomic E-state index is 5.73. The second-order valence-corrected chi connectivity index (χ2v) is 4.47. The second kappa shape index (κ2) is 4.49. The fourth-order valence-corrected chi connectivity index (χ4v) is 2.03. The molecule has 2 heteroatoms. The largest absolute Gasteiger partial charge is 0.399 e. The van der Waals surface area contributed by atoms with E-state index in [-0.39, 0.29) is 0 Å². The van der Waals surface area contributed by atoms with Crippen molar-refractivity contribution in [1.82, 2.24) is 0 Å². The number of anilines is 1. The van der Waals surface area contributed by atoms with Crippen LogP contribution < -0.4 is 5.73 Å². The van der Waals surface area contributed by atoms with Crippen molar-refractivity contribution in [2.45, 2.75) is 6.42 Å². The summed E-state index contributed by atoms with van der Waals surface area (Å²) in [5, 5.41) is 0. The molecule has 0 atom stereocenters. The lowest BCUT2D eigenvalue weighted by Gasteiger charge is -2.03. The summed E-state index contributed by atoms with van der Waals surface area (Å²) in [7, 11) is 0. The fraction of sp³-hybridized carbons (Fsp3) is 0.0769. The van der Waals surface area contributed by atoms with Gasteiger partial charge in [0.1, 0.15) is 0 Å². The van der Waals surface area contributed by atoms with Gasteiger partial charge in [0.2, 0.25) is 0 Å². The Labute approximate surface area is 98.1 Å². The van der Waals surface area contributed by atoms with E-state index in [2.05, 4.69) is 34.1 Å². The molecule has 76 valence electrons. The number of nitrogens with two attached hydrogens (primary N) is 1. The van der Waals surface area contributed by atoms with Gasteiger partial charge in [0.05, 0.1) is 0 Å². The van der Waals surface area contributed by atoms with Gasteiger partial charge in [-0.1, -0.05) is 40.2 Å². The normalized spacial score (nSPS) is 10.2. The Kier molecular flexibility index (Phi) is 3.07. The van der Waals surface area contributed by atoms with Gasteiger partial charge in [-0.2, -0.15) is 0 Å². The molecule has 0 saturated carbocycles. The molecule has 0 heterocycles. The Bertz CT molecular complexity index is 422. The van der Waals surface area contributed by atoms with Crippen molar-refractivity contribution in [3.63, 3.8) is 0 Å². The predicted molar refractivity (Wildman–Crippen MR) is 67.8 cm³/mol. The van der Waals surface area contributed by atoms with E-state index in [1.165, 1.54) is 11.1 Å². The minimum atomic E-state index is 0.822. The molecule has 0 aliphatic heterocycles. The lowest BCUT2D eigenvalue weighted by Crippen LogP contribution is -1.90. The van der Waals surface area contributed by atoms with Gasteiger partial charge in [0.15, 0.2) is 0 Å². The standard InChI is InChI=1S/C13H12BrN/c14-12-5-1-3-10(8-12)7-11-4-2-6-13(15)9-11/h1-6,8-9H,7,15H2. The molecule has 15 heavy (non-hydrogen) atoms. The topological polar surface area (TPSA) is 26.0 Å². The summed E-state index contributed by atoms with van der Waals surface area (Å²) in [5.74, 6) is 0. The Hall–Kier alpha value is -1.28. The summed E-state index contributed by atoms with van der Waals surface area (Å²) in [5.41, 5.74) is 9.09. The molecule has 2 aromatic rings. The van der Waals surface area contributed by atoms with Gasteiger partial charge < -0.3 is 5.73 Å². The third-order valence-corrected chi connectivity index (χ3v) is 2.74. The van der Waals surface area contributed by atoms with Crippen LogP contribution in [0, 0.1) is 0 Å². The number of hydrogen-bond donors (Lipinski definition) is 1. The van der Waals surface area contributed by atoms with E-state index in [4.69, 9.17) is 5.73 Å². The van der Waals surface area contributed by atoms with Crippen molar-refractivity contribution < 1.29 is 0 Å². The third kappa shape index (κ3) is 2.83. The highest BCUT2D eigenvalue weighted by Crippen LogP contribution is 2.16. The van der Waals surface area contributed by atoms with Crippen molar-refractivity contribution in [3.8, 4) is 0 Å². The number of hydrogen-bond acceptors (Lipinski definition) is 1. The van der Waals surface area contributed by atoms with Crippen molar-refractivity contribution >= 4 is 21.6 Å². The summed E-state index contributed by atoms with van der Waals surface area (Å²) < 4.78 is 1.11. The van der Waals surface area contributed by atoms with Crippen LogP contribution in [0.3, 0.4) is 0 Å². The predicted octanol–water partition coefficient (Wildman–Crippen LogP) is 3.62. The van der Waals surface area contributed by atoms with Crippen LogP contribution in [0.1, 0.15) is 11.1 Å². The molecule has 0 saturated heterocycles. The fourth-order valence-electron chi connectivity index (χ4n) is 1.59. The van der Waals surface area contributed by atoms with Crippen molar-refractivity contribution in [3.05, 3.63) is 64.1 Å². The average Bonchev–Trinajstić information content (AvgIpc) is 2.17. The molecule has 0 aliphatic carbocycles. The molecule has 0 aliphatic rings. The van der Waals surface area contributed by atoms with Gasteiger partial charge in [0, 0.05) is 10.2 Å². The summed E-state index contributed by atoms with van der Waals surface area (Å²) in [6, 6.07) is 16.3. The first-order chi connectivity index (χ1) is 7.24. The number of rotatable bonds is 2. The molecule has 0 amide bonds. The SMILES string of the molecule is Nc1cccc(Cc2cccc(Br)c2)c1. The zero-order valence-electron chi connectivity index (χ0n) is 8.28. The minimum Gasteiger partial charge on any atom is -0.399 e. The summed E-state index contributed by atoms with van der Waals surface area (Å²) in [6.07, 6.45) is 0.921. The van der Waals surface area contributed by atoms with Crippen molar-refractivity contribution in [2.75, 3.05) is 5.73 Å². The van der Waals surface area contributed by atoms with E-state index in [0.29, 0.717) is 0 Å². The molecule has 2 aromatic carbocycles. The molecule has 1 nitrogen and oxygen atoms in total. The zero-order chi connectivity index (χ0) is 10.7. The summed E-state index contributed by atoms with van der Waals surface area (Å²) in [6.45, 7) is 0. The van der Waals surface area contributed by atoms with Gasteiger partial charge in [-0.15, -0.1) is 0 Å². The first-order valence-corrected chi connectivity index (χ1v) is 5.62. The lowest BCUT2D eigenvalue weighted by molar-refractivity contribution is 1.19. The van der Waals surface area contributed by atoms with Gasteiger partial charge in [-0.05, 0) is 41.8 Å². The van der Waals surface area contributed by atoms with Crippen LogP contribution >= 0.6 is 15.9 Å². The van der Waals surface area contributed by atoms with Gasteiger partial charge in [-0.3, -0.25) is 0 Å². The molecular formula is C13H12BrN. The smallest absolute Gasteiger partial charge is 0.0316 e. The molecule has 0 fully saturated rings. The van der Waals surface area contributed by atoms with E-state index < -0.39 is 0 Å². The van der Waals surface area contributed by atoms with Crippen LogP contribution in [-0.2, 0) is 6.42 Å². The molecule has 0 unspecified atom stereocenters. The van der Waals surface area contributed by atoms with Gasteiger partial charge in [-0.25, -0.2) is 0 Å². The van der Waals surface area contributed by atoms with E-state index in [1.54, 1.807) is 0 Å². The number of benzene rings is 2. The second-order valence-electron chi connectivity index (χ2n) is 3.55. The monoisotopic (exact) mass is 261 g/mol. The van der Waals surface area contributed by atoms with Crippen LogP contribution in [0.15, 0.2) is 53.0 Å². The van der Waals surface area contributed by atoms with Crippen LogP contribution in [0.5, 0.6) is 0 Å². The molecular weight excluding hydrogens is 250 g/mol. The number of nitrogen functional groups attached to an aromatic ring is 1. The highest BCUT2D eigenvalue weighted by molar-refractivity contribution is 9.10. The van der Waals surface area contributed by atoms with Gasteiger partial charge >= 0.3 is 0 Å². The van der Waals surface area contributed by atoms with E-state index in [1.807, 2.05) is 30.3 Å². The Balaban J connectivity index is 2.22. The molecule has 0 aromatic heterocycles. The number of halogens is 1. The Morgan fingerprint density at radius 3 is 2.27 bits per heavy atom. The Morgan fingerprint density at radius 2 is 1.60 bits per heavy atom. The summed E-state index contributed by atoms with van der Waals surface area (Å²) in [4.78, 5) is 0. The highest BCUT2D eigenvalue weighted by Gasteiger charge is 1.97. The average molecular weight is 262 g/mol. The molecule has 0 radical (unpaired) electrons. The van der Waals surface area contributed by atoms with Crippen LogP contribution in [0.25, 0.3) is 0 Å². The first kappa shape index (κ1) is 10.2. The molecule has 0 bridgehead atoms. The van der Waals surface area contributed by atoms with Gasteiger partial charge in [0.25, 0.3) is 0 Å². The van der Waals surface area contributed by atoms with E-state index >= 15 is 0 Å². The minimum absolute atomic E-state index is 0.822. The third-order valence-electron chi connectivity index (χ3n) is 2.25. The van der Waals surface area contributed by atoms with Crippen LogP contribution in [0.4, 0.5) is 5.69 Å². The Morgan fingerprint density at radius 1 is 0.933 bits per heavy atom. The highest BCUT2D eigenvalue weighted by atomic mass is 79.9. The van der Waals surface area contributed by atoms with Crippen molar-refractivity contribution in [1.29, 1.82) is 0 Å². The summed E-state index contributed by atoms with van der Waals surface area (Å²) >= 11 is 3.47. The van der Waals surface area contributed by atoms with Crippen LogP contribution in [-0.4, -0.2) is 0 Å². The van der Waals surface area contributed by atoms with Crippen molar-refractivity contribution in [2.24, 2.45) is 0 Å². The quantitative estimate of drug-likeness (QED) is 0.822. The van der Waals surface area contributed by atoms with E-state index in [9.17, 15) is 0 Å².